The molecule has 0 atom stereocenters. The maximum absolute atomic E-state index is 5.03. The first-order valence-electron chi connectivity index (χ1n) is 21.6. The first kappa shape index (κ1) is 36.0. The van der Waals surface area contributed by atoms with Crippen LogP contribution in [0.3, 0.4) is 0 Å². The summed E-state index contributed by atoms with van der Waals surface area (Å²) in [5.74, 6) is 0. The van der Waals surface area contributed by atoms with Crippen molar-refractivity contribution in [3.63, 3.8) is 0 Å². The lowest BCUT2D eigenvalue weighted by atomic mass is 9.81. The zero-order valence-corrected chi connectivity index (χ0v) is 34.4. The van der Waals surface area contributed by atoms with Gasteiger partial charge in [-0.05, 0) is 118 Å². The molecule has 5 heteroatoms. The molecule has 0 unspecified atom stereocenters. The third kappa shape index (κ3) is 5.61. The topological polar surface area (TPSA) is 64.5 Å². The second-order valence-corrected chi connectivity index (χ2v) is 16.5. The number of rotatable bonds is 5. The molecule has 0 N–H and O–H groups in total. The van der Waals surface area contributed by atoms with Gasteiger partial charge in [0.15, 0.2) is 0 Å². The van der Waals surface area contributed by atoms with Crippen LogP contribution < -0.4 is 0 Å². The first-order valence-corrected chi connectivity index (χ1v) is 21.6. The molecule has 13 rings (SSSR count). The van der Waals surface area contributed by atoms with E-state index in [0.717, 1.165) is 93.1 Å². The number of pyridine rings is 1. The number of fused-ring (bicyclic) bond motifs is 8. The summed E-state index contributed by atoms with van der Waals surface area (Å²) in [6.45, 7) is 0. The number of nitrogens with zero attached hydrogens (tertiary/aromatic N) is 5. The van der Waals surface area contributed by atoms with E-state index in [9.17, 15) is 0 Å². The van der Waals surface area contributed by atoms with Gasteiger partial charge in [0.05, 0.1) is 12.4 Å². The molecular formula is C59H35N5. The molecule has 0 aliphatic heterocycles. The van der Waals surface area contributed by atoms with Crippen LogP contribution in [0.15, 0.2) is 213 Å². The van der Waals surface area contributed by atoms with Gasteiger partial charge >= 0.3 is 0 Å². The van der Waals surface area contributed by atoms with Gasteiger partial charge in [-0.25, -0.2) is 0 Å². The molecule has 13 aromatic rings. The van der Waals surface area contributed by atoms with Crippen molar-refractivity contribution in [1.82, 2.24) is 25.4 Å². The standard InChI is InChI=1S/C59H35N5/c1-3-13-36(14-4-1)40-25-26-48-50(30-40)57(59-45-27-28-60-33-43(45)35-62-64-59)52-31-49-46-21-11-12-22-47(46)55(41-24-23-37-15-7-8-18-39(37)29-41)54(38-16-5-2-6-17-38)51(49)32-53(52)56(48)58-44-20-10-9-19-42(44)34-61-63-58/h1-35H. The third-order valence-corrected chi connectivity index (χ3v) is 13.0. The van der Waals surface area contributed by atoms with Crippen LogP contribution in [0.1, 0.15) is 0 Å². The average molecular weight is 814 g/mol. The van der Waals surface area contributed by atoms with E-state index in [2.05, 4.69) is 203 Å². The Balaban J connectivity index is 1.29. The maximum atomic E-state index is 5.03. The lowest BCUT2D eigenvalue weighted by Crippen LogP contribution is -1.99. The monoisotopic (exact) mass is 813 g/mol. The van der Waals surface area contributed by atoms with Crippen molar-refractivity contribution < 1.29 is 0 Å². The fourth-order valence-electron chi connectivity index (χ4n) is 10.1. The minimum Gasteiger partial charge on any atom is -0.264 e. The Morgan fingerprint density at radius 3 is 1.56 bits per heavy atom. The predicted octanol–water partition coefficient (Wildman–Crippen LogP) is 15.1. The van der Waals surface area contributed by atoms with Crippen LogP contribution in [0, 0.1) is 0 Å². The summed E-state index contributed by atoms with van der Waals surface area (Å²) in [4.78, 5) is 4.49. The van der Waals surface area contributed by atoms with E-state index < -0.39 is 0 Å². The number of hydrogen-bond donors (Lipinski definition) is 0. The van der Waals surface area contributed by atoms with Gasteiger partial charge in [0.1, 0.15) is 11.4 Å². The molecule has 0 fully saturated rings. The summed E-state index contributed by atoms with van der Waals surface area (Å²) in [7, 11) is 0. The molecular weight excluding hydrogens is 779 g/mol. The van der Waals surface area contributed by atoms with E-state index in [0.29, 0.717) is 0 Å². The van der Waals surface area contributed by atoms with Crippen LogP contribution in [-0.2, 0) is 0 Å². The Bertz CT molecular complexity index is 4000. The van der Waals surface area contributed by atoms with E-state index >= 15 is 0 Å². The summed E-state index contributed by atoms with van der Waals surface area (Å²) < 4.78 is 0. The lowest BCUT2D eigenvalue weighted by Gasteiger charge is -2.22. The highest BCUT2D eigenvalue weighted by atomic mass is 15.1. The van der Waals surface area contributed by atoms with E-state index in [-0.39, 0.29) is 0 Å². The molecule has 0 aliphatic rings. The normalized spacial score (nSPS) is 11.8. The molecule has 0 amide bonds. The fraction of sp³-hybridized carbons (Fsp3) is 0. The van der Waals surface area contributed by atoms with Crippen LogP contribution in [0.4, 0.5) is 0 Å². The van der Waals surface area contributed by atoms with Gasteiger partial charge < -0.3 is 0 Å². The number of hydrogen-bond acceptors (Lipinski definition) is 5. The molecule has 3 aromatic heterocycles. The Morgan fingerprint density at radius 2 is 0.781 bits per heavy atom. The van der Waals surface area contributed by atoms with Crippen molar-refractivity contribution >= 4 is 75.4 Å². The number of benzene rings is 10. The van der Waals surface area contributed by atoms with Gasteiger partial charge in [-0.3, -0.25) is 4.98 Å². The van der Waals surface area contributed by atoms with Crippen LogP contribution in [0.2, 0.25) is 0 Å². The molecule has 0 saturated heterocycles. The van der Waals surface area contributed by atoms with Gasteiger partial charge in [0.25, 0.3) is 0 Å². The minimum atomic E-state index is 0.801. The highest BCUT2D eigenvalue weighted by molar-refractivity contribution is 6.30. The molecule has 296 valence electrons. The average Bonchev–Trinajstić information content (AvgIpc) is 3.37. The zero-order valence-electron chi connectivity index (χ0n) is 34.4. The smallest absolute Gasteiger partial charge is 0.102 e. The minimum absolute atomic E-state index is 0.801. The fourth-order valence-corrected chi connectivity index (χ4v) is 10.1. The van der Waals surface area contributed by atoms with Crippen molar-refractivity contribution in [3.05, 3.63) is 213 Å². The predicted molar refractivity (Wildman–Crippen MR) is 265 cm³/mol. The summed E-state index contributed by atoms with van der Waals surface area (Å²) in [6, 6.07) is 68.0. The molecule has 0 spiro atoms. The quantitative estimate of drug-likeness (QED) is 0.128. The lowest BCUT2D eigenvalue weighted by molar-refractivity contribution is 1.06. The van der Waals surface area contributed by atoms with Crippen molar-refractivity contribution in [2.75, 3.05) is 0 Å². The molecule has 5 nitrogen and oxygen atoms in total. The van der Waals surface area contributed by atoms with E-state index in [1.807, 2.05) is 18.6 Å². The largest absolute Gasteiger partial charge is 0.264 e. The Morgan fingerprint density at radius 1 is 0.250 bits per heavy atom. The van der Waals surface area contributed by atoms with Crippen LogP contribution in [-0.4, -0.2) is 25.4 Å². The van der Waals surface area contributed by atoms with Gasteiger partial charge in [-0.1, -0.05) is 158 Å². The highest BCUT2D eigenvalue weighted by Crippen LogP contribution is 2.51. The van der Waals surface area contributed by atoms with Crippen LogP contribution in [0.25, 0.3) is 131 Å². The molecule has 0 saturated carbocycles. The van der Waals surface area contributed by atoms with E-state index in [1.165, 1.54) is 38.2 Å². The molecule has 0 bridgehead atoms. The summed E-state index contributed by atoms with van der Waals surface area (Å²) in [5, 5.41) is 34.6. The molecule has 0 aliphatic carbocycles. The molecule has 3 heterocycles. The van der Waals surface area contributed by atoms with E-state index in [4.69, 9.17) is 10.2 Å². The Hall–Kier alpha value is -8.67. The van der Waals surface area contributed by atoms with Gasteiger partial charge in [-0.15, -0.1) is 10.2 Å². The SMILES string of the molecule is c1ccc(-c2ccc3c(-c4nncc5ccccc45)c4cc5c(-c6ccccc6)c(-c6ccc7ccccc7c6)c6ccccc6c5cc4c(-c4nncc5cnccc45)c3c2)cc1. The summed E-state index contributed by atoms with van der Waals surface area (Å²) in [5.41, 5.74) is 10.6. The van der Waals surface area contributed by atoms with Crippen LogP contribution in [0.5, 0.6) is 0 Å². The van der Waals surface area contributed by atoms with Gasteiger partial charge in [0, 0.05) is 45.1 Å². The van der Waals surface area contributed by atoms with Crippen molar-refractivity contribution in [3.8, 4) is 55.9 Å². The van der Waals surface area contributed by atoms with Gasteiger partial charge in [0.2, 0.25) is 0 Å². The second kappa shape index (κ2) is 14.5. The zero-order chi connectivity index (χ0) is 42.1. The van der Waals surface area contributed by atoms with E-state index in [1.54, 1.807) is 6.20 Å². The summed E-state index contributed by atoms with van der Waals surface area (Å²) >= 11 is 0. The highest BCUT2D eigenvalue weighted by Gasteiger charge is 2.25. The van der Waals surface area contributed by atoms with Crippen LogP contribution >= 0.6 is 0 Å². The number of aromatic nitrogens is 5. The Labute approximate surface area is 368 Å². The van der Waals surface area contributed by atoms with Gasteiger partial charge in [-0.2, -0.15) is 10.2 Å². The Kier molecular flexibility index (Phi) is 8.15. The first-order chi connectivity index (χ1) is 31.8. The third-order valence-electron chi connectivity index (χ3n) is 13.0. The molecule has 10 aromatic carbocycles. The van der Waals surface area contributed by atoms with Crippen molar-refractivity contribution in [1.29, 1.82) is 0 Å². The second-order valence-electron chi connectivity index (χ2n) is 16.5. The molecule has 0 radical (unpaired) electrons. The van der Waals surface area contributed by atoms with Crippen molar-refractivity contribution in [2.45, 2.75) is 0 Å². The molecule has 64 heavy (non-hydrogen) atoms. The van der Waals surface area contributed by atoms with Crippen molar-refractivity contribution in [2.24, 2.45) is 0 Å². The summed E-state index contributed by atoms with van der Waals surface area (Å²) in [6.07, 6.45) is 7.37. The maximum Gasteiger partial charge on any atom is 0.102 e.